The summed E-state index contributed by atoms with van der Waals surface area (Å²) in [5.74, 6) is 0.796. The van der Waals surface area contributed by atoms with Crippen LogP contribution in [-0.2, 0) is 6.54 Å². The van der Waals surface area contributed by atoms with Gasteiger partial charge in [-0.15, -0.1) is 10.2 Å². The summed E-state index contributed by atoms with van der Waals surface area (Å²) in [5, 5.41) is 16.4. The number of hydrogen-bond acceptors (Lipinski definition) is 8. The molecule has 0 spiro atoms. The molecule has 2 heterocycles. The van der Waals surface area contributed by atoms with E-state index in [0.717, 1.165) is 23.3 Å². The van der Waals surface area contributed by atoms with Crippen molar-refractivity contribution in [3.63, 3.8) is 0 Å². The topological polar surface area (TPSA) is 106 Å². The minimum absolute atomic E-state index is 0.0852. The molecule has 11 heteroatoms. The number of amides is 2. The summed E-state index contributed by atoms with van der Waals surface area (Å²) in [7, 11) is 3.16. The quantitative estimate of drug-likeness (QED) is 0.428. The highest BCUT2D eigenvalue weighted by molar-refractivity contribution is 8.14. The van der Waals surface area contributed by atoms with Crippen LogP contribution >= 0.6 is 23.4 Å². The van der Waals surface area contributed by atoms with Crippen molar-refractivity contribution in [3.05, 3.63) is 76.6 Å². The van der Waals surface area contributed by atoms with Gasteiger partial charge in [0.2, 0.25) is 0 Å². The maximum Gasteiger partial charge on any atom is 0.302 e. The number of thioether (sulfide) groups is 1. The van der Waals surface area contributed by atoms with Gasteiger partial charge >= 0.3 is 5.24 Å². The summed E-state index contributed by atoms with van der Waals surface area (Å²) in [6, 6.07) is 15.8. The zero-order chi connectivity index (χ0) is 25.7. The van der Waals surface area contributed by atoms with Crippen molar-refractivity contribution in [3.8, 4) is 11.5 Å². The van der Waals surface area contributed by atoms with Gasteiger partial charge in [-0.2, -0.15) is 5.10 Å². The Balaban J connectivity index is 1.56. The lowest BCUT2D eigenvalue weighted by molar-refractivity contribution is 0.102. The number of aromatic nitrogens is 2. The lowest BCUT2D eigenvalue weighted by Crippen LogP contribution is -2.34. The Morgan fingerprint density at radius 1 is 1.08 bits per heavy atom. The second-order valence-electron chi connectivity index (χ2n) is 7.79. The zero-order valence-electron chi connectivity index (χ0n) is 19.9. The van der Waals surface area contributed by atoms with E-state index in [2.05, 4.69) is 15.5 Å². The largest absolute Gasteiger partial charge is 0.493 e. The van der Waals surface area contributed by atoms with Crippen LogP contribution in [0.2, 0.25) is 5.15 Å². The van der Waals surface area contributed by atoms with Crippen LogP contribution in [0.1, 0.15) is 35.0 Å². The molecule has 1 aliphatic heterocycles. The third-order valence-corrected chi connectivity index (χ3v) is 6.87. The standard InChI is InChI=1S/C25H24ClN5O4S/c1-4-21-23(16-8-10-19(34-2)20(13-16)35-3)30-31(25(33)36-21)14-15-6-5-7-17(12-15)27-24(32)18-9-11-22(26)29-28-18/h5-13,21H,4,14H2,1-3H3,(H,27,32). The molecule has 0 bridgehead atoms. The smallest absolute Gasteiger partial charge is 0.302 e. The first-order chi connectivity index (χ1) is 17.4. The minimum atomic E-state index is -0.416. The molecule has 0 radical (unpaired) electrons. The van der Waals surface area contributed by atoms with Crippen molar-refractivity contribution >= 4 is 45.9 Å². The highest BCUT2D eigenvalue weighted by atomic mass is 35.5. The maximum atomic E-state index is 12.9. The van der Waals surface area contributed by atoms with E-state index >= 15 is 0 Å². The van der Waals surface area contributed by atoms with E-state index in [9.17, 15) is 9.59 Å². The fraction of sp³-hybridized carbons (Fsp3) is 0.240. The molecule has 3 aromatic rings. The number of hydrazone groups is 1. The van der Waals surface area contributed by atoms with E-state index in [1.807, 2.05) is 31.2 Å². The number of nitrogens with zero attached hydrogens (tertiary/aromatic N) is 4. The molecule has 1 unspecified atom stereocenters. The second-order valence-corrected chi connectivity index (χ2v) is 9.33. The molecular weight excluding hydrogens is 502 g/mol. The van der Waals surface area contributed by atoms with Crippen LogP contribution in [0.15, 0.2) is 59.7 Å². The fourth-order valence-corrected chi connectivity index (χ4v) is 4.67. The lowest BCUT2D eigenvalue weighted by atomic mass is 10.0. The number of halogens is 1. The van der Waals surface area contributed by atoms with E-state index in [4.69, 9.17) is 26.2 Å². The van der Waals surface area contributed by atoms with Gasteiger partial charge in [-0.3, -0.25) is 9.59 Å². The SMILES string of the molecule is CCC1SC(=O)N(Cc2cccc(NC(=O)c3ccc(Cl)nn3)c2)N=C1c1ccc(OC)c(OC)c1. The number of ether oxygens (including phenoxy) is 2. The van der Waals surface area contributed by atoms with E-state index < -0.39 is 5.91 Å². The summed E-state index contributed by atoms with van der Waals surface area (Å²) in [4.78, 5) is 25.4. The summed E-state index contributed by atoms with van der Waals surface area (Å²) >= 11 is 6.98. The molecule has 36 heavy (non-hydrogen) atoms. The Morgan fingerprint density at radius 2 is 1.89 bits per heavy atom. The molecule has 1 atom stereocenters. The molecule has 2 aromatic carbocycles. The Labute approximate surface area is 217 Å². The van der Waals surface area contributed by atoms with Gasteiger partial charge in [0, 0.05) is 11.3 Å². The van der Waals surface area contributed by atoms with E-state index in [1.54, 1.807) is 32.4 Å². The van der Waals surface area contributed by atoms with Crippen molar-refractivity contribution in [2.75, 3.05) is 19.5 Å². The van der Waals surface area contributed by atoms with Crippen molar-refractivity contribution in [2.45, 2.75) is 25.1 Å². The van der Waals surface area contributed by atoms with Crippen LogP contribution in [0, 0.1) is 0 Å². The molecule has 9 nitrogen and oxygen atoms in total. The van der Waals surface area contributed by atoms with Gasteiger partial charge in [-0.1, -0.05) is 42.4 Å². The highest BCUT2D eigenvalue weighted by Crippen LogP contribution is 2.33. The van der Waals surface area contributed by atoms with Gasteiger partial charge < -0.3 is 14.8 Å². The maximum absolute atomic E-state index is 12.9. The lowest BCUT2D eigenvalue weighted by Gasteiger charge is -2.28. The number of carbonyl (C=O) groups is 2. The van der Waals surface area contributed by atoms with Gasteiger partial charge in [0.25, 0.3) is 5.91 Å². The van der Waals surface area contributed by atoms with Crippen molar-refractivity contribution < 1.29 is 19.1 Å². The molecule has 1 N–H and O–H groups in total. The summed E-state index contributed by atoms with van der Waals surface area (Å²) in [5.41, 5.74) is 3.14. The third-order valence-electron chi connectivity index (χ3n) is 5.42. The number of methoxy groups -OCH3 is 2. The highest BCUT2D eigenvalue weighted by Gasteiger charge is 2.30. The number of rotatable bonds is 8. The van der Waals surface area contributed by atoms with Crippen molar-refractivity contribution in [1.82, 2.24) is 15.2 Å². The second kappa shape index (κ2) is 11.4. The predicted octanol–water partition coefficient (Wildman–Crippen LogP) is 5.25. The fourth-order valence-electron chi connectivity index (χ4n) is 3.64. The molecule has 2 amide bonds. The van der Waals surface area contributed by atoms with Gasteiger partial charge in [-0.05, 0) is 54.4 Å². The van der Waals surface area contributed by atoms with Gasteiger partial charge in [0.1, 0.15) is 0 Å². The Kier molecular flexibility index (Phi) is 8.07. The van der Waals surface area contributed by atoms with Crippen LogP contribution in [0.25, 0.3) is 0 Å². The van der Waals surface area contributed by atoms with Crippen LogP contribution in [0.3, 0.4) is 0 Å². The van der Waals surface area contributed by atoms with Gasteiger partial charge in [-0.25, -0.2) is 5.01 Å². The van der Waals surface area contributed by atoms with Gasteiger partial charge in [0.05, 0.1) is 31.7 Å². The van der Waals surface area contributed by atoms with Crippen molar-refractivity contribution in [2.24, 2.45) is 5.10 Å². The molecule has 0 aliphatic carbocycles. The Morgan fingerprint density at radius 3 is 2.58 bits per heavy atom. The first-order valence-corrected chi connectivity index (χ1v) is 12.4. The summed E-state index contributed by atoms with van der Waals surface area (Å²) < 4.78 is 10.8. The molecular formula is C25H24ClN5O4S. The molecule has 0 fully saturated rings. The predicted molar refractivity (Wildman–Crippen MR) is 140 cm³/mol. The first-order valence-electron chi connectivity index (χ1n) is 11.1. The molecule has 0 saturated carbocycles. The van der Waals surface area contributed by atoms with Crippen LogP contribution in [0.5, 0.6) is 11.5 Å². The number of carbonyl (C=O) groups excluding carboxylic acids is 2. The van der Waals surface area contributed by atoms with Crippen molar-refractivity contribution in [1.29, 1.82) is 0 Å². The average molecular weight is 526 g/mol. The van der Waals surface area contributed by atoms with Crippen LogP contribution in [-0.4, -0.2) is 51.5 Å². The average Bonchev–Trinajstić information content (AvgIpc) is 2.89. The van der Waals surface area contributed by atoms with E-state index in [0.29, 0.717) is 17.2 Å². The van der Waals surface area contributed by atoms with Gasteiger partial charge in [0.15, 0.2) is 22.3 Å². The Hall–Kier alpha value is -3.63. The molecule has 186 valence electrons. The normalized spacial score (nSPS) is 15.3. The molecule has 1 aliphatic rings. The zero-order valence-corrected chi connectivity index (χ0v) is 21.5. The number of nitrogens with one attached hydrogen (secondary N) is 1. The number of hydrogen-bond donors (Lipinski definition) is 1. The van der Waals surface area contributed by atoms with E-state index in [1.165, 1.54) is 28.9 Å². The third kappa shape index (κ3) is 5.77. The number of anilines is 1. The molecule has 1 aromatic heterocycles. The minimum Gasteiger partial charge on any atom is -0.493 e. The molecule has 0 saturated heterocycles. The summed E-state index contributed by atoms with van der Waals surface area (Å²) in [6.07, 6.45) is 0.743. The van der Waals surface area contributed by atoms with Crippen LogP contribution in [0.4, 0.5) is 10.5 Å². The summed E-state index contributed by atoms with van der Waals surface area (Å²) in [6.45, 7) is 2.26. The number of benzene rings is 2. The van der Waals surface area contributed by atoms with E-state index in [-0.39, 0.29) is 27.9 Å². The Bertz CT molecular complexity index is 1300. The monoisotopic (exact) mass is 525 g/mol. The van der Waals surface area contributed by atoms with Crippen LogP contribution < -0.4 is 14.8 Å². The first kappa shape index (κ1) is 25.5. The molecule has 4 rings (SSSR count).